The molecule has 0 aromatic heterocycles. The van der Waals surface area contributed by atoms with Crippen molar-refractivity contribution in [3.63, 3.8) is 0 Å². The molecule has 1 fully saturated rings. The van der Waals surface area contributed by atoms with Crippen molar-refractivity contribution in [2.75, 3.05) is 31.1 Å². The summed E-state index contributed by atoms with van der Waals surface area (Å²) >= 11 is 0. The van der Waals surface area contributed by atoms with E-state index in [2.05, 4.69) is 61.8 Å². The zero-order valence-electron chi connectivity index (χ0n) is 13.4. The molecule has 0 aliphatic carbocycles. The van der Waals surface area contributed by atoms with E-state index in [0.29, 0.717) is 6.04 Å². The highest BCUT2D eigenvalue weighted by Gasteiger charge is 2.42. The van der Waals surface area contributed by atoms with Crippen molar-refractivity contribution in [1.29, 1.82) is 0 Å². The van der Waals surface area contributed by atoms with Gasteiger partial charge in [0.05, 0.1) is 5.54 Å². The van der Waals surface area contributed by atoms with E-state index in [0.717, 1.165) is 32.6 Å². The van der Waals surface area contributed by atoms with Crippen LogP contribution in [0.4, 0.5) is 5.69 Å². The van der Waals surface area contributed by atoms with E-state index in [1.807, 2.05) is 0 Å². The summed E-state index contributed by atoms with van der Waals surface area (Å²) < 4.78 is 0. The lowest BCUT2D eigenvalue weighted by Gasteiger charge is -2.42. The van der Waals surface area contributed by atoms with Gasteiger partial charge in [-0.25, -0.2) is 0 Å². The average Bonchev–Trinajstić information content (AvgIpc) is 2.88. The fourth-order valence-electron chi connectivity index (χ4n) is 3.34. The Hall–Kier alpha value is -1.06. The summed E-state index contributed by atoms with van der Waals surface area (Å²) in [6.07, 6.45) is 1.16. The van der Waals surface area contributed by atoms with Crippen molar-refractivity contribution in [3.05, 3.63) is 29.8 Å². The maximum Gasteiger partial charge on any atom is 0.0662 e. The minimum Gasteiger partial charge on any atom is -0.364 e. The molecule has 1 aliphatic heterocycles. The topological polar surface area (TPSA) is 32.5 Å². The molecule has 3 nitrogen and oxygen atoms in total. The van der Waals surface area contributed by atoms with Gasteiger partial charge in [0.25, 0.3) is 0 Å². The molecule has 1 heterocycles. The van der Waals surface area contributed by atoms with Crippen molar-refractivity contribution in [1.82, 2.24) is 4.90 Å². The van der Waals surface area contributed by atoms with Crippen LogP contribution in [0.5, 0.6) is 0 Å². The van der Waals surface area contributed by atoms with Gasteiger partial charge in [-0.05, 0) is 46.2 Å². The van der Waals surface area contributed by atoms with Crippen LogP contribution in [0.3, 0.4) is 0 Å². The average molecular weight is 275 g/mol. The van der Waals surface area contributed by atoms with Crippen LogP contribution in [0, 0.1) is 6.92 Å². The second kappa shape index (κ2) is 6.15. The van der Waals surface area contributed by atoms with Gasteiger partial charge in [0, 0.05) is 37.9 Å². The van der Waals surface area contributed by atoms with Crippen LogP contribution in [0.15, 0.2) is 24.3 Å². The smallest absolute Gasteiger partial charge is 0.0662 e. The highest BCUT2D eigenvalue weighted by atomic mass is 15.3. The highest BCUT2D eigenvalue weighted by molar-refractivity contribution is 5.51. The number of nitrogens with zero attached hydrogens (tertiary/aromatic N) is 2. The molecule has 1 aliphatic rings. The van der Waals surface area contributed by atoms with Gasteiger partial charge in [-0.15, -0.1) is 0 Å². The maximum absolute atomic E-state index is 6.21. The summed E-state index contributed by atoms with van der Waals surface area (Å²) in [7, 11) is 0. The zero-order chi connectivity index (χ0) is 14.8. The summed E-state index contributed by atoms with van der Waals surface area (Å²) in [6, 6.07) is 9.44. The number of benzene rings is 1. The second-order valence-electron chi connectivity index (χ2n) is 6.32. The van der Waals surface area contributed by atoms with Crippen molar-refractivity contribution in [2.24, 2.45) is 5.73 Å². The normalized spacial score (nSPS) is 23.5. The van der Waals surface area contributed by atoms with Crippen LogP contribution in [0.1, 0.15) is 32.8 Å². The zero-order valence-corrected chi connectivity index (χ0v) is 13.4. The molecule has 3 heteroatoms. The molecule has 0 amide bonds. The monoisotopic (exact) mass is 275 g/mol. The van der Waals surface area contributed by atoms with Gasteiger partial charge in [-0.3, -0.25) is 4.90 Å². The standard InChI is InChI=1S/C17H29N3/c1-5-20(16-8-6-15(4)7-9-16)17(12-18)10-11-19(13-17)14(2)3/h6-9,14H,5,10-13,18H2,1-4H3. The number of hydrogen-bond acceptors (Lipinski definition) is 3. The molecule has 1 atom stereocenters. The van der Waals surface area contributed by atoms with Gasteiger partial charge in [0.15, 0.2) is 0 Å². The molecule has 2 rings (SSSR count). The molecule has 1 saturated heterocycles. The molecule has 1 aromatic carbocycles. The number of likely N-dealkylation sites (tertiary alicyclic amines) is 1. The van der Waals surface area contributed by atoms with E-state index in [9.17, 15) is 0 Å². The lowest BCUT2D eigenvalue weighted by Crippen LogP contribution is -2.56. The van der Waals surface area contributed by atoms with Crippen molar-refractivity contribution < 1.29 is 0 Å². The summed E-state index contributed by atoms with van der Waals surface area (Å²) in [4.78, 5) is 5.05. The van der Waals surface area contributed by atoms with Crippen molar-refractivity contribution in [3.8, 4) is 0 Å². The minimum absolute atomic E-state index is 0.0915. The number of anilines is 1. The number of aryl methyl sites for hydroxylation is 1. The lowest BCUT2D eigenvalue weighted by atomic mass is 9.95. The predicted molar refractivity (Wildman–Crippen MR) is 87.3 cm³/mol. The van der Waals surface area contributed by atoms with E-state index in [4.69, 9.17) is 5.73 Å². The van der Waals surface area contributed by atoms with Crippen LogP contribution < -0.4 is 10.6 Å². The summed E-state index contributed by atoms with van der Waals surface area (Å²) in [5, 5.41) is 0. The van der Waals surface area contributed by atoms with Gasteiger partial charge in [0.2, 0.25) is 0 Å². The fourth-order valence-corrected chi connectivity index (χ4v) is 3.34. The quantitative estimate of drug-likeness (QED) is 0.896. The molecule has 0 spiro atoms. The number of hydrogen-bond donors (Lipinski definition) is 1. The lowest BCUT2D eigenvalue weighted by molar-refractivity contribution is 0.254. The van der Waals surface area contributed by atoms with Gasteiger partial charge < -0.3 is 10.6 Å². The first-order valence-corrected chi connectivity index (χ1v) is 7.81. The van der Waals surface area contributed by atoms with E-state index in [1.54, 1.807) is 0 Å². The first-order valence-electron chi connectivity index (χ1n) is 7.81. The maximum atomic E-state index is 6.21. The molecular weight excluding hydrogens is 246 g/mol. The van der Waals surface area contributed by atoms with Crippen LogP contribution >= 0.6 is 0 Å². The van der Waals surface area contributed by atoms with Crippen molar-refractivity contribution in [2.45, 2.75) is 45.7 Å². The third kappa shape index (κ3) is 2.84. The van der Waals surface area contributed by atoms with Crippen molar-refractivity contribution >= 4 is 5.69 Å². The Morgan fingerprint density at radius 3 is 2.40 bits per heavy atom. The number of nitrogens with two attached hydrogens (primary N) is 1. The van der Waals surface area contributed by atoms with E-state index in [1.165, 1.54) is 11.3 Å². The van der Waals surface area contributed by atoms with Crippen LogP contribution in [0.25, 0.3) is 0 Å². The molecule has 112 valence electrons. The number of likely N-dealkylation sites (N-methyl/N-ethyl adjacent to an activating group) is 1. The van der Waals surface area contributed by atoms with Gasteiger partial charge in [-0.2, -0.15) is 0 Å². The predicted octanol–water partition coefficient (Wildman–Crippen LogP) is 2.63. The minimum atomic E-state index is 0.0915. The Balaban J connectivity index is 2.26. The second-order valence-corrected chi connectivity index (χ2v) is 6.32. The van der Waals surface area contributed by atoms with E-state index >= 15 is 0 Å². The molecule has 0 bridgehead atoms. The van der Waals surface area contributed by atoms with E-state index < -0.39 is 0 Å². The molecule has 0 saturated carbocycles. The van der Waals surface area contributed by atoms with Crippen LogP contribution in [-0.4, -0.2) is 42.7 Å². The van der Waals surface area contributed by atoms with Gasteiger partial charge in [0.1, 0.15) is 0 Å². The summed E-state index contributed by atoms with van der Waals surface area (Å²) in [5.74, 6) is 0. The summed E-state index contributed by atoms with van der Waals surface area (Å²) in [5.41, 5.74) is 8.91. The van der Waals surface area contributed by atoms with Crippen LogP contribution in [-0.2, 0) is 0 Å². The first kappa shape index (κ1) is 15.3. The third-order valence-electron chi connectivity index (χ3n) is 4.71. The Kier molecular flexibility index (Phi) is 4.71. The first-order chi connectivity index (χ1) is 9.52. The molecule has 20 heavy (non-hydrogen) atoms. The SMILES string of the molecule is CCN(c1ccc(C)cc1)C1(CN)CCN(C(C)C)C1. The van der Waals surface area contributed by atoms with Gasteiger partial charge in [-0.1, -0.05) is 17.7 Å². The molecule has 0 radical (unpaired) electrons. The van der Waals surface area contributed by atoms with Gasteiger partial charge >= 0.3 is 0 Å². The van der Waals surface area contributed by atoms with E-state index in [-0.39, 0.29) is 5.54 Å². The highest BCUT2D eigenvalue weighted by Crippen LogP contribution is 2.32. The Labute approximate surface area is 123 Å². The molecule has 1 aromatic rings. The number of rotatable bonds is 5. The molecule has 2 N–H and O–H groups in total. The third-order valence-corrected chi connectivity index (χ3v) is 4.71. The Bertz CT molecular complexity index is 426. The Morgan fingerprint density at radius 2 is 1.95 bits per heavy atom. The summed E-state index contributed by atoms with van der Waals surface area (Å²) in [6.45, 7) is 12.9. The van der Waals surface area contributed by atoms with Crippen LogP contribution in [0.2, 0.25) is 0 Å². The largest absolute Gasteiger partial charge is 0.364 e. The molecule has 1 unspecified atom stereocenters. The fraction of sp³-hybridized carbons (Fsp3) is 0.647. The molecular formula is C17H29N3. The Morgan fingerprint density at radius 1 is 1.30 bits per heavy atom.